The number of carbonyl (C=O) groups excluding carboxylic acids is 2. The first-order valence-corrected chi connectivity index (χ1v) is 7.82. The van der Waals surface area contributed by atoms with E-state index in [-0.39, 0.29) is 24.8 Å². The molecule has 0 N–H and O–H groups in total. The molecule has 0 aromatic carbocycles. The molecule has 8 heteroatoms. The number of carbonyl (C=O) groups is 2. The smallest absolute Gasteiger partial charge is 0.307 e. The second kappa shape index (κ2) is 8.44. The topological polar surface area (TPSA) is 81.9 Å². The fraction of sp³-hybridized carbons (Fsp3) is 0.400. The molecule has 1 amide bonds. The molecule has 23 heavy (non-hydrogen) atoms. The van der Waals surface area contributed by atoms with E-state index < -0.39 is 0 Å². The number of aromatic nitrogens is 1. The Labute approximate surface area is 137 Å². The molecule has 124 valence electrons. The summed E-state index contributed by atoms with van der Waals surface area (Å²) in [6.07, 6.45) is 3.21. The van der Waals surface area contributed by atoms with Gasteiger partial charge in [0.2, 0.25) is 0 Å². The molecule has 0 fully saturated rings. The molecular weight excluding hydrogens is 320 g/mol. The zero-order valence-electron chi connectivity index (χ0n) is 13.0. The van der Waals surface area contributed by atoms with Crippen LogP contribution in [-0.4, -0.2) is 55.7 Å². The van der Waals surface area contributed by atoms with Crippen molar-refractivity contribution < 1.29 is 23.5 Å². The Morgan fingerprint density at radius 1 is 1.35 bits per heavy atom. The Morgan fingerprint density at radius 3 is 2.83 bits per heavy atom. The first-order valence-electron chi connectivity index (χ1n) is 7.00. The Bertz CT molecular complexity index is 638. The molecule has 2 aromatic rings. The lowest BCUT2D eigenvalue weighted by atomic mass is 10.3. The molecule has 0 aliphatic rings. The van der Waals surface area contributed by atoms with Gasteiger partial charge in [0.15, 0.2) is 10.8 Å². The molecule has 0 saturated heterocycles. The fourth-order valence-electron chi connectivity index (χ4n) is 1.89. The summed E-state index contributed by atoms with van der Waals surface area (Å²) in [4.78, 5) is 30.1. The van der Waals surface area contributed by atoms with Gasteiger partial charge in [-0.15, -0.1) is 11.3 Å². The van der Waals surface area contributed by atoms with Gasteiger partial charge in [-0.05, 0) is 12.1 Å². The van der Waals surface area contributed by atoms with Crippen LogP contribution >= 0.6 is 11.3 Å². The molecule has 0 aliphatic heterocycles. The lowest BCUT2D eigenvalue weighted by Gasteiger charge is -2.20. The highest BCUT2D eigenvalue weighted by Crippen LogP contribution is 2.26. The van der Waals surface area contributed by atoms with Crippen LogP contribution in [0.2, 0.25) is 0 Å². The van der Waals surface area contributed by atoms with Crippen LogP contribution < -0.4 is 0 Å². The van der Waals surface area contributed by atoms with Crippen molar-refractivity contribution in [3.05, 3.63) is 29.5 Å². The summed E-state index contributed by atoms with van der Waals surface area (Å²) in [5, 5.41) is 0.637. The predicted octanol–water partition coefficient (Wildman–Crippen LogP) is 2.05. The maximum atomic E-state index is 12.6. The zero-order valence-corrected chi connectivity index (χ0v) is 13.8. The normalized spacial score (nSPS) is 10.5. The summed E-state index contributed by atoms with van der Waals surface area (Å²) >= 11 is 1.25. The molecule has 0 aliphatic carbocycles. The number of hydrogen-bond acceptors (Lipinski definition) is 7. The van der Waals surface area contributed by atoms with Gasteiger partial charge in [0.1, 0.15) is 4.88 Å². The van der Waals surface area contributed by atoms with Gasteiger partial charge < -0.3 is 18.8 Å². The summed E-state index contributed by atoms with van der Waals surface area (Å²) in [7, 11) is 2.88. The van der Waals surface area contributed by atoms with Gasteiger partial charge in [0.25, 0.3) is 5.91 Å². The van der Waals surface area contributed by atoms with Crippen molar-refractivity contribution in [2.75, 3.05) is 33.9 Å². The van der Waals surface area contributed by atoms with E-state index in [9.17, 15) is 9.59 Å². The highest BCUT2D eigenvalue weighted by atomic mass is 32.1. The van der Waals surface area contributed by atoms with Gasteiger partial charge in [-0.2, -0.15) is 0 Å². The van der Waals surface area contributed by atoms with Crippen molar-refractivity contribution >= 4 is 23.2 Å². The Kier molecular flexibility index (Phi) is 6.30. The van der Waals surface area contributed by atoms with Crippen LogP contribution in [0.25, 0.3) is 10.8 Å². The maximum absolute atomic E-state index is 12.6. The largest absolute Gasteiger partial charge is 0.469 e. The van der Waals surface area contributed by atoms with E-state index in [1.54, 1.807) is 30.4 Å². The number of nitrogens with zero attached hydrogens (tertiary/aromatic N) is 2. The SMILES string of the molecule is COCCN(CCC(=O)OC)C(=O)c1cnc(-c2ccco2)s1. The molecule has 0 bridgehead atoms. The summed E-state index contributed by atoms with van der Waals surface area (Å²) in [5.41, 5.74) is 0. The first-order chi connectivity index (χ1) is 11.2. The minimum atomic E-state index is -0.360. The number of esters is 1. The first kappa shape index (κ1) is 17.2. The fourth-order valence-corrected chi connectivity index (χ4v) is 2.74. The molecule has 2 aromatic heterocycles. The van der Waals surface area contributed by atoms with Crippen LogP contribution in [0.3, 0.4) is 0 Å². The number of hydrogen-bond donors (Lipinski definition) is 0. The third-order valence-corrected chi connectivity index (χ3v) is 4.11. The van der Waals surface area contributed by atoms with E-state index in [2.05, 4.69) is 9.72 Å². The third kappa shape index (κ3) is 4.64. The number of thiazole rings is 1. The molecule has 7 nitrogen and oxygen atoms in total. The van der Waals surface area contributed by atoms with E-state index in [0.29, 0.717) is 28.8 Å². The van der Waals surface area contributed by atoms with Crippen molar-refractivity contribution in [3.8, 4) is 10.8 Å². The number of amides is 1. The summed E-state index contributed by atoms with van der Waals surface area (Å²) in [6.45, 7) is 1.04. The van der Waals surface area contributed by atoms with Gasteiger partial charge in [-0.1, -0.05) is 0 Å². The van der Waals surface area contributed by atoms with Crippen molar-refractivity contribution in [1.29, 1.82) is 0 Å². The number of methoxy groups -OCH3 is 2. The van der Waals surface area contributed by atoms with Crippen LogP contribution in [0.4, 0.5) is 0 Å². The summed E-state index contributed by atoms with van der Waals surface area (Å²) in [5.74, 6) is 0.0640. The maximum Gasteiger partial charge on any atom is 0.307 e. The Morgan fingerprint density at radius 2 is 2.17 bits per heavy atom. The monoisotopic (exact) mass is 338 g/mol. The van der Waals surface area contributed by atoms with E-state index >= 15 is 0 Å². The minimum absolute atomic E-state index is 0.135. The van der Waals surface area contributed by atoms with E-state index in [1.165, 1.54) is 24.6 Å². The lowest BCUT2D eigenvalue weighted by molar-refractivity contribution is -0.140. The van der Waals surface area contributed by atoms with Crippen molar-refractivity contribution in [3.63, 3.8) is 0 Å². The van der Waals surface area contributed by atoms with Crippen LogP contribution in [0.1, 0.15) is 16.1 Å². The van der Waals surface area contributed by atoms with Gasteiger partial charge in [0, 0.05) is 20.2 Å². The average molecular weight is 338 g/mol. The van der Waals surface area contributed by atoms with Gasteiger partial charge in [-0.25, -0.2) is 4.98 Å². The molecule has 2 heterocycles. The van der Waals surface area contributed by atoms with Crippen molar-refractivity contribution in [1.82, 2.24) is 9.88 Å². The standard InChI is InChI=1S/C15H18N2O5S/c1-20-9-7-17(6-5-13(18)21-2)15(19)12-10-16-14(23-12)11-4-3-8-22-11/h3-4,8,10H,5-7,9H2,1-2H3. The van der Waals surface area contributed by atoms with Gasteiger partial charge in [0.05, 0.1) is 32.6 Å². The van der Waals surface area contributed by atoms with E-state index in [1.807, 2.05) is 0 Å². The molecule has 0 saturated carbocycles. The second-order valence-electron chi connectivity index (χ2n) is 4.62. The Balaban J connectivity index is 2.07. The number of furan rings is 1. The van der Waals surface area contributed by atoms with Gasteiger partial charge in [-0.3, -0.25) is 9.59 Å². The van der Waals surface area contributed by atoms with Gasteiger partial charge >= 0.3 is 5.97 Å². The predicted molar refractivity (Wildman–Crippen MR) is 84.2 cm³/mol. The summed E-state index contributed by atoms with van der Waals surface area (Å²) in [6, 6.07) is 3.55. The average Bonchev–Trinajstić information content (AvgIpc) is 3.24. The minimum Gasteiger partial charge on any atom is -0.469 e. The molecule has 0 spiro atoms. The number of ether oxygens (including phenoxy) is 2. The van der Waals surface area contributed by atoms with Crippen LogP contribution in [0, 0.1) is 0 Å². The second-order valence-corrected chi connectivity index (χ2v) is 5.65. The molecule has 0 atom stereocenters. The van der Waals surface area contributed by atoms with E-state index in [4.69, 9.17) is 9.15 Å². The highest BCUT2D eigenvalue weighted by molar-refractivity contribution is 7.16. The molecule has 0 unspecified atom stereocenters. The molecule has 0 radical (unpaired) electrons. The van der Waals surface area contributed by atoms with Crippen molar-refractivity contribution in [2.24, 2.45) is 0 Å². The van der Waals surface area contributed by atoms with Crippen LogP contribution in [0.5, 0.6) is 0 Å². The van der Waals surface area contributed by atoms with Crippen LogP contribution in [-0.2, 0) is 14.3 Å². The summed E-state index contributed by atoms with van der Waals surface area (Å²) < 4.78 is 14.9. The zero-order chi connectivity index (χ0) is 16.7. The quantitative estimate of drug-likeness (QED) is 0.685. The number of rotatable bonds is 8. The highest BCUT2D eigenvalue weighted by Gasteiger charge is 2.20. The van der Waals surface area contributed by atoms with Crippen LogP contribution in [0.15, 0.2) is 29.0 Å². The van der Waals surface area contributed by atoms with Crippen molar-refractivity contribution in [2.45, 2.75) is 6.42 Å². The lowest BCUT2D eigenvalue weighted by Crippen LogP contribution is -2.35. The third-order valence-electron chi connectivity index (χ3n) is 3.11. The molecular formula is C15H18N2O5S. The Hall–Kier alpha value is -2.19. The molecule has 2 rings (SSSR count). The van der Waals surface area contributed by atoms with E-state index in [0.717, 1.165) is 0 Å².